The molecule has 0 saturated heterocycles. The van der Waals surface area contributed by atoms with E-state index < -0.39 is 0 Å². The second-order valence-electron chi connectivity index (χ2n) is 1.46. The van der Waals surface area contributed by atoms with Crippen molar-refractivity contribution in [1.29, 1.82) is 0 Å². The minimum atomic E-state index is 0.430. The first-order chi connectivity index (χ1) is 4.43. The van der Waals surface area contributed by atoms with E-state index in [-0.39, 0.29) is 0 Å². The van der Waals surface area contributed by atoms with Crippen molar-refractivity contribution in [3.63, 3.8) is 0 Å². The number of hydrogen-bond donors (Lipinski definition) is 1. The number of tetrazole rings is 1. The van der Waals surface area contributed by atoms with Crippen LogP contribution in [0.15, 0.2) is 0 Å². The monoisotopic (exact) mass is 123 g/mol. The molecule has 0 fully saturated rings. The van der Waals surface area contributed by atoms with Gasteiger partial charge in [-0.05, 0) is 0 Å². The second kappa shape index (κ2) is 2.77. The molecule has 0 unspecified atom stereocenters. The van der Waals surface area contributed by atoms with Crippen molar-refractivity contribution < 1.29 is 0 Å². The van der Waals surface area contributed by atoms with Crippen LogP contribution in [0, 0.1) is 6.57 Å². The van der Waals surface area contributed by atoms with E-state index in [1.54, 1.807) is 0 Å². The molecule has 1 heterocycles. The Labute approximate surface area is 51.9 Å². The molecule has 1 N–H and O–H groups in total. The summed E-state index contributed by atoms with van der Waals surface area (Å²) in [6, 6.07) is 0. The van der Waals surface area contributed by atoms with Crippen LogP contribution in [0.4, 0.5) is 0 Å². The van der Waals surface area contributed by atoms with Gasteiger partial charge in [-0.25, -0.2) is 6.57 Å². The summed E-state index contributed by atoms with van der Waals surface area (Å²) in [5, 5.41) is 13.0. The van der Waals surface area contributed by atoms with E-state index in [1.807, 2.05) is 0 Å². The summed E-state index contributed by atoms with van der Waals surface area (Å²) < 4.78 is 0. The number of hydrogen-bond acceptors (Lipinski definition) is 3. The van der Waals surface area contributed by atoms with Crippen LogP contribution in [0.25, 0.3) is 4.85 Å². The van der Waals surface area contributed by atoms with E-state index in [9.17, 15) is 0 Å². The van der Waals surface area contributed by atoms with Crippen LogP contribution in [0.2, 0.25) is 0 Å². The fourth-order valence-corrected chi connectivity index (χ4v) is 0.444. The maximum atomic E-state index is 6.44. The molecule has 0 aliphatic carbocycles. The zero-order chi connectivity index (χ0) is 6.53. The maximum Gasteiger partial charge on any atom is 0.221 e. The van der Waals surface area contributed by atoms with Gasteiger partial charge in [-0.15, -0.1) is 10.2 Å². The summed E-state index contributed by atoms with van der Waals surface area (Å²) in [5.41, 5.74) is 0. The number of aromatic amines is 1. The lowest BCUT2D eigenvalue weighted by Crippen LogP contribution is -1.89. The van der Waals surface area contributed by atoms with E-state index >= 15 is 0 Å². The third-order valence-electron chi connectivity index (χ3n) is 0.836. The Bertz CT molecular complexity index is 195. The van der Waals surface area contributed by atoms with Crippen LogP contribution in [-0.4, -0.2) is 27.2 Å². The lowest BCUT2D eigenvalue weighted by Gasteiger charge is -1.77. The van der Waals surface area contributed by atoms with E-state index in [2.05, 4.69) is 25.5 Å². The van der Waals surface area contributed by atoms with Crippen molar-refractivity contribution in [2.75, 3.05) is 6.54 Å². The first-order valence-corrected chi connectivity index (χ1v) is 2.49. The van der Waals surface area contributed by atoms with Crippen molar-refractivity contribution in [2.24, 2.45) is 0 Å². The van der Waals surface area contributed by atoms with Gasteiger partial charge in [-0.1, -0.05) is 5.21 Å². The number of aromatic nitrogens is 4. The first kappa shape index (κ1) is 5.69. The third kappa shape index (κ3) is 1.49. The predicted molar refractivity (Wildman–Crippen MR) is 29.4 cm³/mol. The van der Waals surface area contributed by atoms with Crippen LogP contribution >= 0.6 is 0 Å². The van der Waals surface area contributed by atoms with E-state index in [0.717, 1.165) is 0 Å². The molecule has 46 valence electrons. The van der Waals surface area contributed by atoms with Crippen molar-refractivity contribution >= 4 is 0 Å². The molecular weight excluding hydrogens is 118 g/mol. The van der Waals surface area contributed by atoms with Gasteiger partial charge in [-0.3, -0.25) is 0 Å². The third-order valence-corrected chi connectivity index (χ3v) is 0.836. The Morgan fingerprint density at radius 1 is 1.67 bits per heavy atom. The van der Waals surface area contributed by atoms with Gasteiger partial charge in [0.15, 0.2) is 5.82 Å². The Morgan fingerprint density at radius 3 is 3.11 bits per heavy atom. The summed E-state index contributed by atoms with van der Waals surface area (Å²) in [6.45, 7) is 6.87. The largest absolute Gasteiger partial charge is 0.316 e. The van der Waals surface area contributed by atoms with Gasteiger partial charge in [0.1, 0.15) is 0 Å². The molecule has 0 bridgehead atoms. The van der Waals surface area contributed by atoms with Gasteiger partial charge >= 0.3 is 0 Å². The van der Waals surface area contributed by atoms with Gasteiger partial charge in [0.2, 0.25) is 6.54 Å². The molecule has 0 aliphatic heterocycles. The zero-order valence-electron chi connectivity index (χ0n) is 4.70. The van der Waals surface area contributed by atoms with Gasteiger partial charge in [0.05, 0.1) is 6.42 Å². The van der Waals surface area contributed by atoms with Gasteiger partial charge in [0, 0.05) is 0 Å². The topological polar surface area (TPSA) is 58.8 Å². The second-order valence-corrected chi connectivity index (χ2v) is 1.46. The molecule has 1 rings (SSSR count). The SMILES string of the molecule is [C-]#[N+]CCc1nn[nH]n1. The van der Waals surface area contributed by atoms with E-state index in [0.29, 0.717) is 18.8 Å². The van der Waals surface area contributed by atoms with Gasteiger partial charge < -0.3 is 4.85 Å². The fourth-order valence-electron chi connectivity index (χ4n) is 0.444. The molecule has 0 saturated carbocycles. The first-order valence-electron chi connectivity index (χ1n) is 2.49. The summed E-state index contributed by atoms with van der Waals surface area (Å²) in [4.78, 5) is 3.14. The molecule has 0 radical (unpaired) electrons. The number of nitrogens with zero attached hydrogens (tertiary/aromatic N) is 4. The molecule has 5 nitrogen and oxygen atoms in total. The summed E-state index contributed by atoms with van der Waals surface area (Å²) in [6.07, 6.45) is 0.583. The minimum absolute atomic E-state index is 0.430. The van der Waals surface area contributed by atoms with Gasteiger partial charge in [0.25, 0.3) is 0 Å². The molecule has 1 aromatic heterocycles. The molecule has 0 aromatic carbocycles. The lowest BCUT2D eigenvalue weighted by molar-refractivity contribution is 0.881. The van der Waals surface area contributed by atoms with Crippen LogP contribution in [-0.2, 0) is 6.42 Å². The average Bonchev–Trinajstić information content (AvgIpc) is 2.34. The highest BCUT2D eigenvalue weighted by Crippen LogP contribution is 1.84. The summed E-state index contributed by atoms with van der Waals surface area (Å²) >= 11 is 0. The van der Waals surface area contributed by atoms with Crippen LogP contribution in [0.3, 0.4) is 0 Å². The minimum Gasteiger partial charge on any atom is -0.316 e. The highest BCUT2D eigenvalue weighted by molar-refractivity contribution is 4.79. The quantitative estimate of drug-likeness (QED) is 0.547. The Balaban J connectivity index is 2.41. The van der Waals surface area contributed by atoms with Crippen molar-refractivity contribution in [1.82, 2.24) is 20.6 Å². The molecule has 1 aromatic rings. The van der Waals surface area contributed by atoms with E-state index in [1.165, 1.54) is 0 Å². The number of H-pyrrole nitrogens is 1. The van der Waals surface area contributed by atoms with Crippen molar-refractivity contribution in [2.45, 2.75) is 6.42 Å². The lowest BCUT2D eigenvalue weighted by atomic mass is 10.4. The molecule has 0 atom stereocenters. The Morgan fingerprint density at radius 2 is 2.56 bits per heavy atom. The van der Waals surface area contributed by atoms with Crippen LogP contribution in [0.1, 0.15) is 5.82 Å². The zero-order valence-corrected chi connectivity index (χ0v) is 4.70. The number of rotatable bonds is 2. The average molecular weight is 123 g/mol. The summed E-state index contributed by atoms with van der Waals surface area (Å²) in [7, 11) is 0. The maximum absolute atomic E-state index is 6.44. The molecule has 0 amide bonds. The molecular formula is C4H5N5. The normalized spacial score (nSPS) is 8.78. The highest BCUT2D eigenvalue weighted by Gasteiger charge is 1.96. The summed E-state index contributed by atoms with van der Waals surface area (Å²) in [5.74, 6) is 0.603. The predicted octanol–water partition coefficient (Wildman–Crippen LogP) is -0.339. The standard InChI is InChI=1S/C4H5N5/c1-5-3-2-4-6-8-9-7-4/h2-3H2,(H,6,7,8,9). The fraction of sp³-hybridized carbons (Fsp3) is 0.500. The van der Waals surface area contributed by atoms with E-state index in [4.69, 9.17) is 6.57 Å². The Hall–Kier alpha value is -1.44. The van der Waals surface area contributed by atoms with Gasteiger partial charge in [-0.2, -0.15) is 5.21 Å². The van der Waals surface area contributed by atoms with Crippen LogP contribution < -0.4 is 0 Å². The molecule has 0 spiro atoms. The number of nitrogens with one attached hydrogen (secondary N) is 1. The molecule has 0 aliphatic rings. The van der Waals surface area contributed by atoms with Crippen molar-refractivity contribution in [3.8, 4) is 0 Å². The molecule has 9 heavy (non-hydrogen) atoms. The smallest absolute Gasteiger partial charge is 0.221 e. The highest BCUT2D eigenvalue weighted by atomic mass is 15.5. The van der Waals surface area contributed by atoms with Crippen molar-refractivity contribution in [3.05, 3.63) is 17.2 Å². The van der Waals surface area contributed by atoms with Crippen LogP contribution in [0.5, 0.6) is 0 Å². The molecule has 5 heteroatoms. The Kier molecular flexibility index (Phi) is 1.75.